The Kier molecular flexibility index (Phi) is 5.01. The first-order chi connectivity index (χ1) is 11.5. The first-order valence-corrected chi connectivity index (χ1v) is 8.20. The van der Waals surface area contributed by atoms with Crippen molar-refractivity contribution < 1.29 is 9.18 Å². The summed E-state index contributed by atoms with van der Waals surface area (Å²) in [7, 11) is 0. The highest BCUT2D eigenvalue weighted by Gasteiger charge is 2.16. The summed E-state index contributed by atoms with van der Waals surface area (Å²) in [6.45, 7) is 8.84. The van der Waals surface area contributed by atoms with Crippen LogP contribution >= 0.6 is 0 Å². The van der Waals surface area contributed by atoms with Crippen LogP contribution in [0.25, 0.3) is 11.0 Å². The molecule has 0 bridgehead atoms. The molecule has 3 rings (SSSR count). The van der Waals surface area contributed by atoms with Gasteiger partial charge in [0.15, 0.2) is 0 Å². The van der Waals surface area contributed by atoms with Crippen molar-refractivity contribution in [2.45, 2.75) is 13.8 Å². The molecule has 1 aromatic carbocycles. The number of carbonyl (C=O) groups is 1. The number of hydrogen-bond donors (Lipinski definition) is 2. The van der Waals surface area contributed by atoms with Gasteiger partial charge in [-0.2, -0.15) is 0 Å². The van der Waals surface area contributed by atoms with Crippen LogP contribution in [0.1, 0.15) is 21.7 Å². The molecule has 128 valence electrons. The summed E-state index contributed by atoms with van der Waals surface area (Å²) in [5, 5.41) is 6.15. The first-order valence-electron chi connectivity index (χ1n) is 8.20. The Hall–Kier alpha value is -2.12. The molecule has 0 atom stereocenters. The maximum atomic E-state index is 13.8. The van der Waals surface area contributed by atoms with Gasteiger partial charge in [0.1, 0.15) is 11.3 Å². The number of nitrogens with zero attached hydrogens (tertiary/aromatic N) is 3. The van der Waals surface area contributed by atoms with Crippen molar-refractivity contribution in [2.75, 3.05) is 39.3 Å². The number of aromatic nitrogens is 2. The van der Waals surface area contributed by atoms with Crippen molar-refractivity contribution in [3.8, 4) is 0 Å². The second kappa shape index (κ2) is 7.19. The minimum Gasteiger partial charge on any atom is -0.351 e. The smallest absolute Gasteiger partial charge is 0.253 e. The monoisotopic (exact) mass is 331 g/mol. The standard InChI is InChI=1S/C17H22FN5O/c1-11-12(2)22-16-14(9-13(18)10-15(16)21-11)17(24)20-5-8-23-6-3-19-4-7-23/h9-10,19H,3-8H2,1-2H3,(H,20,24). The van der Waals surface area contributed by atoms with E-state index in [4.69, 9.17) is 0 Å². The van der Waals surface area contributed by atoms with Crippen LogP contribution in [0.15, 0.2) is 12.1 Å². The lowest BCUT2D eigenvalue weighted by atomic mass is 10.1. The van der Waals surface area contributed by atoms with E-state index in [1.54, 1.807) is 0 Å². The molecule has 1 aliphatic heterocycles. The number of benzene rings is 1. The van der Waals surface area contributed by atoms with Gasteiger partial charge in [-0.1, -0.05) is 0 Å². The number of nitrogens with one attached hydrogen (secondary N) is 2. The zero-order valence-corrected chi connectivity index (χ0v) is 14.0. The summed E-state index contributed by atoms with van der Waals surface area (Å²) in [6, 6.07) is 2.54. The number of fused-ring (bicyclic) bond motifs is 1. The molecule has 0 aliphatic carbocycles. The quantitative estimate of drug-likeness (QED) is 0.875. The molecule has 6 nitrogen and oxygen atoms in total. The van der Waals surface area contributed by atoms with Crippen molar-refractivity contribution in [1.29, 1.82) is 0 Å². The lowest BCUT2D eigenvalue weighted by Crippen LogP contribution is -2.46. The summed E-state index contributed by atoms with van der Waals surface area (Å²) >= 11 is 0. The second-order valence-corrected chi connectivity index (χ2v) is 6.06. The van der Waals surface area contributed by atoms with Crippen LogP contribution in [-0.4, -0.2) is 60.0 Å². The van der Waals surface area contributed by atoms with E-state index >= 15 is 0 Å². The van der Waals surface area contributed by atoms with Crippen molar-refractivity contribution in [3.05, 3.63) is 34.9 Å². The summed E-state index contributed by atoms with van der Waals surface area (Å²) in [5.41, 5.74) is 2.56. The fourth-order valence-corrected chi connectivity index (χ4v) is 2.83. The van der Waals surface area contributed by atoms with E-state index in [0.717, 1.165) is 44.1 Å². The lowest BCUT2D eigenvalue weighted by Gasteiger charge is -2.27. The minimum absolute atomic E-state index is 0.237. The van der Waals surface area contributed by atoms with E-state index in [2.05, 4.69) is 25.5 Å². The molecule has 0 radical (unpaired) electrons. The first kappa shape index (κ1) is 16.7. The Morgan fingerprint density at radius 2 is 1.96 bits per heavy atom. The van der Waals surface area contributed by atoms with E-state index in [1.165, 1.54) is 12.1 Å². The number of rotatable bonds is 4. The molecular formula is C17H22FN5O. The van der Waals surface area contributed by atoms with Crippen molar-refractivity contribution in [3.63, 3.8) is 0 Å². The van der Waals surface area contributed by atoms with Crippen LogP contribution in [0.5, 0.6) is 0 Å². The van der Waals surface area contributed by atoms with E-state index < -0.39 is 5.82 Å². The van der Waals surface area contributed by atoms with E-state index in [9.17, 15) is 9.18 Å². The molecule has 7 heteroatoms. The molecule has 1 amide bonds. The third kappa shape index (κ3) is 3.68. The third-order valence-electron chi connectivity index (χ3n) is 4.31. The Morgan fingerprint density at radius 3 is 2.71 bits per heavy atom. The van der Waals surface area contributed by atoms with Gasteiger partial charge >= 0.3 is 0 Å². The molecule has 1 saturated heterocycles. The van der Waals surface area contributed by atoms with Crippen LogP contribution < -0.4 is 10.6 Å². The largest absolute Gasteiger partial charge is 0.351 e. The average Bonchev–Trinajstić information content (AvgIpc) is 2.56. The minimum atomic E-state index is -0.479. The predicted molar refractivity (Wildman–Crippen MR) is 90.6 cm³/mol. The molecule has 24 heavy (non-hydrogen) atoms. The van der Waals surface area contributed by atoms with Crippen LogP contribution in [0.2, 0.25) is 0 Å². The van der Waals surface area contributed by atoms with E-state index in [1.807, 2.05) is 13.8 Å². The Morgan fingerprint density at radius 1 is 1.25 bits per heavy atom. The SMILES string of the molecule is Cc1nc2cc(F)cc(C(=O)NCCN3CCNCC3)c2nc1C. The molecule has 2 aromatic rings. The van der Waals surface area contributed by atoms with Gasteiger partial charge in [0.2, 0.25) is 0 Å². The number of halogens is 1. The highest BCUT2D eigenvalue weighted by atomic mass is 19.1. The molecule has 0 unspecified atom stereocenters. The van der Waals surface area contributed by atoms with Gasteiger partial charge in [-0.15, -0.1) is 0 Å². The maximum Gasteiger partial charge on any atom is 0.253 e. The van der Waals surface area contributed by atoms with Crippen molar-refractivity contribution in [2.24, 2.45) is 0 Å². The fraction of sp³-hybridized carbons (Fsp3) is 0.471. The summed E-state index contributed by atoms with van der Waals surface area (Å²) in [5.74, 6) is -0.792. The van der Waals surface area contributed by atoms with Gasteiger partial charge in [0, 0.05) is 45.3 Å². The van der Waals surface area contributed by atoms with Gasteiger partial charge in [-0.05, 0) is 19.9 Å². The highest BCUT2D eigenvalue weighted by molar-refractivity contribution is 6.04. The summed E-state index contributed by atoms with van der Waals surface area (Å²) in [4.78, 5) is 23.5. The molecule has 1 aliphatic rings. The van der Waals surface area contributed by atoms with Crippen LogP contribution in [0, 0.1) is 19.7 Å². The van der Waals surface area contributed by atoms with Gasteiger partial charge in [0.25, 0.3) is 5.91 Å². The van der Waals surface area contributed by atoms with Gasteiger partial charge < -0.3 is 10.6 Å². The lowest BCUT2D eigenvalue weighted by molar-refractivity contribution is 0.0948. The van der Waals surface area contributed by atoms with Crippen LogP contribution in [0.3, 0.4) is 0 Å². The number of piperazine rings is 1. The average molecular weight is 331 g/mol. The van der Waals surface area contributed by atoms with Gasteiger partial charge in [0.05, 0.1) is 22.5 Å². The van der Waals surface area contributed by atoms with Gasteiger partial charge in [-0.25, -0.2) is 14.4 Å². The van der Waals surface area contributed by atoms with Gasteiger partial charge in [-0.3, -0.25) is 9.69 Å². The number of carbonyl (C=O) groups excluding carboxylic acids is 1. The zero-order chi connectivity index (χ0) is 17.1. The van der Waals surface area contributed by atoms with Crippen LogP contribution in [0.4, 0.5) is 4.39 Å². The maximum absolute atomic E-state index is 13.8. The predicted octanol–water partition coefficient (Wildman–Crippen LogP) is 1.02. The Labute approximate surface area is 140 Å². The fourth-order valence-electron chi connectivity index (χ4n) is 2.83. The number of hydrogen-bond acceptors (Lipinski definition) is 5. The van der Waals surface area contributed by atoms with Crippen molar-refractivity contribution in [1.82, 2.24) is 25.5 Å². The second-order valence-electron chi connectivity index (χ2n) is 6.06. The Bertz CT molecular complexity index is 758. The molecule has 1 fully saturated rings. The third-order valence-corrected chi connectivity index (χ3v) is 4.31. The normalized spacial score (nSPS) is 15.6. The summed E-state index contributed by atoms with van der Waals surface area (Å²) in [6.07, 6.45) is 0. The topological polar surface area (TPSA) is 70.2 Å². The molecule has 2 heterocycles. The number of amides is 1. The number of aryl methyl sites for hydroxylation is 2. The van der Waals surface area contributed by atoms with Crippen molar-refractivity contribution >= 4 is 16.9 Å². The summed E-state index contributed by atoms with van der Waals surface area (Å²) < 4.78 is 13.8. The molecule has 0 spiro atoms. The highest BCUT2D eigenvalue weighted by Crippen LogP contribution is 2.19. The molecule has 2 N–H and O–H groups in total. The Balaban J connectivity index is 1.75. The zero-order valence-electron chi connectivity index (χ0n) is 14.0. The van der Waals surface area contributed by atoms with E-state index in [-0.39, 0.29) is 11.5 Å². The van der Waals surface area contributed by atoms with E-state index in [0.29, 0.717) is 17.6 Å². The molecule has 0 saturated carbocycles. The molecular weight excluding hydrogens is 309 g/mol. The van der Waals surface area contributed by atoms with Crippen LogP contribution in [-0.2, 0) is 0 Å². The molecule has 1 aromatic heterocycles.